The molecule has 2 unspecified atom stereocenters. The van der Waals surface area contributed by atoms with Crippen LogP contribution in [0.25, 0.3) is 0 Å². The predicted molar refractivity (Wildman–Crippen MR) is 78.0 cm³/mol. The number of carbonyl (C=O) groups is 2. The van der Waals surface area contributed by atoms with Gasteiger partial charge in [0.25, 0.3) is 0 Å². The van der Waals surface area contributed by atoms with Crippen LogP contribution in [0.3, 0.4) is 0 Å². The minimum Gasteiger partial charge on any atom is -0.469 e. The zero-order chi connectivity index (χ0) is 14.8. The van der Waals surface area contributed by atoms with Gasteiger partial charge in [0.2, 0.25) is 5.91 Å². The second-order valence-corrected chi connectivity index (χ2v) is 5.65. The maximum Gasteiger partial charge on any atom is 0.305 e. The Balaban J connectivity index is 1.89. The van der Waals surface area contributed by atoms with E-state index >= 15 is 0 Å². The molecular formula is C15H28N2O3. The van der Waals surface area contributed by atoms with Gasteiger partial charge in [0.05, 0.1) is 7.11 Å². The Bertz CT molecular complexity index is 307. The molecule has 0 bridgehead atoms. The van der Waals surface area contributed by atoms with E-state index in [1.54, 1.807) is 0 Å². The molecule has 20 heavy (non-hydrogen) atoms. The van der Waals surface area contributed by atoms with Gasteiger partial charge in [-0.3, -0.25) is 9.59 Å². The third-order valence-corrected chi connectivity index (χ3v) is 3.93. The van der Waals surface area contributed by atoms with E-state index in [0.29, 0.717) is 6.42 Å². The number of nitrogens with two attached hydrogens (primary N) is 1. The van der Waals surface area contributed by atoms with Gasteiger partial charge in [-0.2, -0.15) is 0 Å². The summed E-state index contributed by atoms with van der Waals surface area (Å²) in [5, 5.41) is 2.99. The minimum atomic E-state index is -0.132. The molecule has 1 aliphatic carbocycles. The number of methoxy groups -OCH3 is 1. The van der Waals surface area contributed by atoms with E-state index in [-0.39, 0.29) is 23.8 Å². The van der Waals surface area contributed by atoms with E-state index in [0.717, 1.165) is 57.9 Å². The Kier molecular flexibility index (Phi) is 8.26. The summed E-state index contributed by atoms with van der Waals surface area (Å²) in [6.45, 7) is 0.752. The third-order valence-electron chi connectivity index (χ3n) is 3.93. The fourth-order valence-electron chi connectivity index (χ4n) is 2.64. The summed E-state index contributed by atoms with van der Waals surface area (Å²) in [7, 11) is 1.42. The number of hydrogen-bond donors (Lipinski definition) is 2. The van der Waals surface area contributed by atoms with Gasteiger partial charge in [-0.1, -0.05) is 19.3 Å². The summed E-state index contributed by atoms with van der Waals surface area (Å²) in [6.07, 6.45) is 8.36. The molecule has 3 N–H and O–H groups in total. The lowest BCUT2D eigenvalue weighted by Gasteiger charge is -2.10. The van der Waals surface area contributed by atoms with Crippen molar-refractivity contribution < 1.29 is 14.3 Å². The molecule has 1 fully saturated rings. The fraction of sp³-hybridized carbons (Fsp3) is 0.867. The lowest BCUT2D eigenvalue weighted by Crippen LogP contribution is -2.31. The van der Waals surface area contributed by atoms with E-state index in [1.807, 2.05) is 0 Å². The number of carbonyl (C=O) groups excluding carboxylic acids is 2. The van der Waals surface area contributed by atoms with Crippen LogP contribution >= 0.6 is 0 Å². The highest BCUT2D eigenvalue weighted by atomic mass is 16.5. The molecule has 0 spiro atoms. The van der Waals surface area contributed by atoms with Gasteiger partial charge in [0.15, 0.2) is 0 Å². The highest BCUT2D eigenvalue weighted by Crippen LogP contribution is 2.23. The van der Waals surface area contributed by atoms with Gasteiger partial charge in [-0.05, 0) is 32.1 Å². The molecule has 1 saturated carbocycles. The molecule has 116 valence electrons. The van der Waals surface area contributed by atoms with Crippen LogP contribution < -0.4 is 11.1 Å². The van der Waals surface area contributed by atoms with E-state index in [1.165, 1.54) is 7.11 Å². The Hall–Kier alpha value is -1.10. The van der Waals surface area contributed by atoms with Crippen LogP contribution in [0.15, 0.2) is 0 Å². The molecule has 5 heteroatoms. The number of esters is 1. The van der Waals surface area contributed by atoms with Crippen LogP contribution in [0.1, 0.15) is 57.8 Å². The van der Waals surface area contributed by atoms with Gasteiger partial charge >= 0.3 is 5.97 Å². The topological polar surface area (TPSA) is 81.4 Å². The summed E-state index contributed by atoms with van der Waals surface area (Å²) in [5.41, 5.74) is 5.80. The molecule has 0 radical (unpaired) electrons. The molecule has 1 amide bonds. The Morgan fingerprint density at radius 3 is 2.50 bits per heavy atom. The number of ether oxygens (including phenoxy) is 1. The molecule has 1 aliphatic rings. The predicted octanol–water partition coefficient (Wildman–Crippen LogP) is 1.74. The highest BCUT2D eigenvalue weighted by molar-refractivity contribution is 5.78. The van der Waals surface area contributed by atoms with Crippen molar-refractivity contribution >= 4 is 11.9 Å². The molecule has 5 nitrogen and oxygen atoms in total. The zero-order valence-electron chi connectivity index (χ0n) is 12.5. The Labute approximate surface area is 121 Å². The molecule has 0 aromatic rings. The average Bonchev–Trinajstić information content (AvgIpc) is 2.87. The van der Waals surface area contributed by atoms with Gasteiger partial charge in [0.1, 0.15) is 0 Å². The average molecular weight is 284 g/mol. The minimum absolute atomic E-state index is 0.130. The highest BCUT2D eigenvalue weighted by Gasteiger charge is 2.27. The van der Waals surface area contributed by atoms with Crippen LogP contribution in [0.2, 0.25) is 0 Å². The summed E-state index contributed by atoms with van der Waals surface area (Å²) < 4.78 is 4.58. The van der Waals surface area contributed by atoms with E-state index in [4.69, 9.17) is 5.73 Å². The number of amides is 1. The second-order valence-electron chi connectivity index (χ2n) is 5.65. The number of unbranched alkanes of at least 4 members (excludes halogenated alkanes) is 4. The van der Waals surface area contributed by atoms with Gasteiger partial charge < -0.3 is 15.8 Å². The van der Waals surface area contributed by atoms with Crippen LogP contribution in [-0.4, -0.2) is 31.6 Å². The summed E-state index contributed by atoms with van der Waals surface area (Å²) in [6, 6.07) is 0.209. The fourth-order valence-corrected chi connectivity index (χ4v) is 2.64. The van der Waals surface area contributed by atoms with Crippen molar-refractivity contribution in [3.63, 3.8) is 0 Å². The molecule has 0 aromatic heterocycles. The second kappa shape index (κ2) is 9.75. The van der Waals surface area contributed by atoms with Crippen LogP contribution in [0.5, 0.6) is 0 Å². The third kappa shape index (κ3) is 6.89. The van der Waals surface area contributed by atoms with Gasteiger partial charge in [-0.25, -0.2) is 0 Å². The number of nitrogens with one attached hydrogen (secondary N) is 1. The van der Waals surface area contributed by atoms with Crippen LogP contribution in [0.4, 0.5) is 0 Å². The van der Waals surface area contributed by atoms with Crippen LogP contribution in [-0.2, 0) is 14.3 Å². The molecule has 2 atom stereocenters. The van der Waals surface area contributed by atoms with E-state index < -0.39 is 0 Å². The number of rotatable bonds is 9. The molecule has 0 aliphatic heterocycles. The first kappa shape index (κ1) is 17.0. The first-order chi connectivity index (χ1) is 9.63. The van der Waals surface area contributed by atoms with Crippen molar-refractivity contribution in [2.45, 2.75) is 63.8 Å². The van der Waals surface area contributed by atoms with Crippen molar-refractivity contribution in [3.05, 3.63) is 0 Å². The van der Waals surface area contributed by atoms with Crippen molar-refractivity contribution in [1.82, 2.24) is 5.32 Å². The normalized spacial score (nSPS) is 21.7. The summed E-state index contributed by atoms with van der Waals surface area (Å²) in [5.74, 6) is 0.167. The first-order valence-electron chi connectivity index (χ1n) is 7.73. The molecule has 0 aromatic carbocycles. The number of hydrogen-bond acceptors (Lipinski definition) is 4. The maximum absolute atomic E-state index is 11.8. The van der Waals surface area contributed by atoms with Crippen molar-refractivity contribution in [2.75, 3.05) is 13.7 Å². The molecule has 0 heterocycles. The molecule has 1 rings (SSSR count). The van der Waals surface area contributed by atoms with E-state index in [9.17, 15) is 9.59 Å². The lowest BCUT2D eigenvalue weighted by molar-refractivity contribution is -0.140. The quantitative estimate of drug-likeness (QED) is 0.499. The standard InChI is InChI=1S/C15H28N2O3/c1-20-14(18)7-5-3-2-4-6-10-17-15(19)12-8-9-13(16)11-12/h12-13H,2-11,16H2,1H3,(H,17,19). The molecule has 0 saturated heterocycles. The SMILES string of the molecule is COC(=O)CCCCCCCNC(=O)C1CCC(N)C1. The Morgan fingerprint density at radius 1 is 1.15 bits per heavy atom. The van der Waals surface area contributed by atoms with Crippen molar-refractivity contribution in [1.29, 1.82) is 0 Å². The van der Waals surface area contributed by atoms with E-state index in [2.05, 4.69) is 10.1 Å². The van der Waals surface area contributed by atoms with Crippen molar-refractivity contribution in [2.24, 2.45) is 11.7 Å². The maximum atomic E-state index is 11.8. The van der Waals surface area contributed by atoms with Crippen molar-refractivity contribution in [3.8, 4) is 0 Å². The smallest absolute Gasteiger partial charge is 0.305 e. The Morgan fingerprint density at radius 2 is 1.85 bits per heavy atom. The van der Waals surface area contributed by atoms with Crippen LogP contribution in [0, 0.1) is 5.92 Å². The largest absolute Gasteiger partial charge is 0.469 e. The van der Waals surface area contributed by atoms with Gasteiger partial charge in [-0.15, -0.1) is 0 Å². The monoisotopic (exact) mass is 284 g/mol. The summed E-state index contributed by atoms with van der Waals surface area (Å²) >= 11 is 0. The summed E-state index contributed by atoms with van der Waals surface area (Å²) in [4.78, 5) is 22.7. The molecular weight excluding hydrogens is 256 g/mol. The lowest BCUT2D eigenvalue weighted by atomic mass is 10.1. The zero-order valence-corrected chi connectivity index (χ0v) is 12.5. The first-order valence-corrected chi connectivity index (χ1v) is 7.73. The van der Waals surface area contributed by atoms with Gasteiger partial charge in [0, 0.05) is 24.9 Å².